The van der Waals surface area contributed by atoms with Gasteiger partial charge in [0.25, 0.3) is 5.91 Å². The van der Waals surface area contributed by atoms with Gasteiger partial charge in [-0.05, 0) is 46.9 Å². The molecule has 1 aliphatic heterocycles. The van der Waals surface area contributed by atoms with Crippen LogP contribution in [0.15, 0.2) is 48.0 Å². The number of amides is 2. The highest BCUT2D eigenvalue weighted by Crippen LogP contribution is 2.39. The summed E-state index contributed by atoms with van der Waals surface area (Å²) in [5.74, 6) is -0.544. The topological polar surface area (TPSA) is 60.1 Å². The molecule has 4 aromatic rings. The second-order valence-corrected chi connectivity index (χ2v) is 9.82. The van der Waals surface area contributed by atoms with Crippen molar-refractivity contribution in [3.8, 4) is 11.4 Å². The average Bonchev–Trinajstić information content (AvgIpc) is 3.47. The SMILES string of the molecule is CC(C)CC1C(=O)N(C)C(=O)c2c1nn(Cc1csc3ccccc13)c2-c1cccn1C. The number of rotatable bonds is 5. The molecule has 2 amide bonds. The molecule has 1 aliphatic rings. The van der Waals surface area contributed by atoms with Gasteiger partial charge in [0, 0.05) is 25.0 Å². The third-order valence-electron chi connectivity index (χ3n) is 6.23. The highest BCUT2D eigenvalue weighted by molar-refractivity contribution is 7.17. The van der Waals surface area contributed by atoms with E-state index in [1.807, 2.05) is 46.8 Å². The fraction of sp³-hybridized carbons (Fsp3) is 0.320. The fourth-order valence-corrected chi connectivity index (χ4v) is 5.59. The molecule has 5 rings (SSSR count). The zero-order valence-corrected chi connectivity index (χ0v) is 19.5. The van der Waals surface area contributed by atoms with E-state index < -0.39 is 5.92 Å². The van der Waals surface area contributed by atoms with E-state index in [1.54, 1.807) is 18.4 Å². The van der Waals surface area contributed by atoms with Gasteiger partial charge in [0.05, 0.1) is 35.1 Å². The van der Waals surface area contributed by atoms with Crippen LogP contribution < -0.4 is 0 Å². The number of aromatic nitrogens is 3. The quantitative estimate of drug-likeness (QED) is 0.410. The third-order valence-corrected chi connectivity index (χ3v) is 7.24. The van der Waals surface area contributed by atoms with Gasteiger partial charge in [-0.3, -0.25) is 19.2 Å². The van der Waals surface area contributed by atoms with E-state index in [0.29, 0.717) is 30.1 Å². The van der Waals surface area contributed by atoms with Crippen molar-refractivity contribution in [2.75, 3.05) is 7.05 Å². The van der Waals surface area contributed by atoms with Crippen LogP contribution in [0.3, 0.4) is 0 Å². The van der Waals surface area contributed by atoms with Gasteiger partial charge in [-0.1, -0.05) is 32.0 Å². The van der Waals surface area contributed by atoms with Crippen molar-refractivity contribution in [1.29, 1.82) is 0 Å². The summed E-state index contributed by atoms with van der Waals surface area (Å²) in [6.45, 7) is 4.73. The smallest absolute Gasteiger partial charge is 0.264 e. The number of thiophene rings is 1. The molecule has 0 radical (unpaired) electrons. The van der Waals surface area contributed by atoms with Crippen molar-refractivity contribution in [2.45, 2.75) is 32.7 Å². The van der Waals surface area contributed by atoms with Crippen LogP contribution in [-0.4, -0.2) is 38.1 Å². The van der Waals surface area contributed by atoms with Crippen LogP contribution in [0.4, 0.5) is 0 Å². The van der Waals surface area contributed by atoms with Gasteiger partial charge in [0.1, 0.15) is 0 Å². The normalized spacial score (nSPS) is 16.4. The van der Waals surface area contributed by atoms with E-state index in [-0.39, 0.29) is 11.8 Å². The molecule has 1 unspecified atom stereocenters. The summed E-state index contributed by atoms with van der Waals surface area (Å²) in [7, 11) is 3.55. The van der Waals surface area contributed by atoms with Crippen LogP contribution >= 0.6 is 11.3 Å². The van der Waals surface area contributed by atoms with Gasteiger partial charge < -0.3 is 4.57 Å². The molecule has 32 heavy (non-hydrogen) atoms. The number of nitrogens with zero attached hydrogens (tertiary/aromatic N) is 4. The number of benzene rings is 1. The molecule has 7 heteroatoms. The van der Waals surface area contributed by atoms with E-state index in [4.69, 9.17) is 5.10 Å². The first-order valence-electron chi connectivity index (χ1n) is 10.9. The average molecular weight is 447 g/mol. The second kappa shape index (κ2) is 7.74. The molecule has 4 heterocycles. The predicted octanol–water partition coefficient (Wildman–Crippen LogP) is 4.89. The highest BCUT2D eigenvalue weighted by Gasteiger charge is 2.42. The zero-order valence-electron chi connectivity index (χ0n) is 18.7. The summed E-state index contributed by atoms with van der Waals surface area (Å²) in [5, 5.41) is 8.29. The Morgan fingerprint density at radius 1 is 1.09 bits per heavy atom. The lowest BCUT2D eigenvalue weighted by molar-refractivity contribution is -0.130. The van der Waals surface area contributed by atoms with E-state index in [2.05, 4.69) is 31.4 Å². The predicted molar refractivity (Wildman–Crippen MR) is 127 cm³/mol. The molecule has 0 bridgehead atoms. The first-order valence-corrected chi connectivity index (χ1v) is 11.7. The Hall–Kier alpha value is -3.19. The molecule has 1 atom stereocenters. The maximum atomic E-state index is 13.4. The number of hydrogen-bond acceptors (Lipinski definition) is 4. The molecule has 0 aliphatic carbocycles. The summed E-state index contributed by atoms with van der Waals surface area (Å²) in [4.78, 5) is 27.7. The first kappa shape index (κ1) is 20.7. The van der Waals surface area contributed by atoms with Crippen LogP contribution in [0, 0.1) is 5.92 Å². The van der Waals surface area contributed by atoms with E-state index in [1.165, 1.54) is 15.0 Å². The Morgan fingerprint density at radius 3 is 2.59 bits per heavy atom. The molecule has 164 valence electrons. The number of carbonyl (C=O) groups excluding carboxylic acids is 2. The van der Waals surface area contributed by atoms with Crippen molar-refractivity contribution in [2.24, 2.45) is 13.0 Å². The van der Waals surface area contributed by atoms with Crippen LogP contribution in [0.1, 0.15) is 47.8 Å². The lowest BCUT2D eigenvalue weighted by atomic mass is 9.87. The van der Waals surface area contributed by atoms with Crippen LogP contribution in [0.5, 0.6) is 0 Å². The van der Waals surface area contributed by atoms with E-state index >= 15 is 0 Å². The minimum absolute atomic E-state index is 0.166. The molecule has 3 aromatic heterocycles. The molecular weight excluding hydrogens is 420 g/mol. The molecular formula is C25H26N4O2S. The summed E-state index contributed by atoms with van der Waals surface area (Å²) < 4.78 is 5.15. The lowest BCUT2D eigenvalue weighted by Crippen LogP contribution is -2.42. The van der Waals surface area contributed by atoms with Crippen molar-refractivity contribution in [3.63, 3.8) is 0 Å². The maximum absolute atomic E-state index is 13.4. The van der Waals surface area contributed by atoms with E-state index in [9.17, 15) is 9.59 Å². The third kappa shape index (κ3) is 3.19. The van der Waals surface area contributed by atoms with Crippen LogP contribution in [0.25, 0.3) is 21.5 Å². The largest absolute Gasteiger partial charge is 0.349 e. The Labute approximate surface area is 191 Å². The van der Waals surface area contributed by atoms with Crippen molar-refractivity contribution in [1.82, 2.24) is 19.2 Å². The monoisotopic (exact) mass is 446 g/mol. The molecule has 0 saturated carbocycles. The Kier molecular flexibility index (Phi) is 5.01. The standard InChI is InChI=1S/C25H26N4O2S/c1-15(2)12-18-22-21(25(31)28(4)24(18)30)23(19-9-7-11-27(19)3)29(26-22)13-16-14-32-20-10-6-5-8-17(16)20/h5-11,14-15,18H,12-13H2,1-4H3. The van der Waals surface area contributed by atoms with Gasteiger partial charge in [0.2, 0.25) is 5.91 Å². The minimum atomic E-state index is -0.410. The molecule has 0 spiro atoms. The second-order valence-electron chi connectivity index (χ2n) is 8.91. The zero-order chi connectivity index (χ0) is 22.6. The number of imide groups is 1. The molecule has 0 saturated heterocycles. The summed E-state index contributed by atoms with van der Waals surface area (Å²) >= 11 is 1.71. The lowest BCUT2D eigenvalue weighted by Gasteiger charge is -2.28. The summed E-state index contributed by atoms with van der Waals surface area (Å²) in [6.07, 6.45) is 2.63. The van der Waals surface area contributed by atoms with Crippen LogP contribution in [-0.2, 0) is 18.4 Å². The number of hydrogen-bond donors (Lipinski definition) is 0. The summed E-state index contributed by atoms with van der Waals surface area (Å²) in [6, 6.07) is 12.3. The molecule has 0 N–H and O–H groups in total. The van der Waals surface area contributed by atoms with Gasteiger partial charge in [-0.25, -0.2) is 0 Å². The van der Waals surface area contributed by atoms with Crippen molar-refractivity contribution < 1.29 is 9.59 Å². The fourth-order valence-electron chi connectivity index (χ4n) is 4.64. The van der Waals surface area contributed by atoms with Crippen molar-refractivity contribution in [3.05, 3.63) is 64.8 Å². The highest BCUT2D eigenvalue weighted by atomic mass is 32.1. The minimum Gasteiger partial charge on any atom is -0.349 e. The van der Waals surface area contributed by atoms with Gasteiger partial charge >= 0.3 is 0 Å². The first-order chi connectivity index (χ1) is 15.4. The Bertz CT molecular complexity index is 1340. The Morgan fingerprint density at radius 2 is 1.88 bits per heavy atom. The number of fused-ring (bicyclic) bond motifs is 2. The van der Waals surface area contributed by atoms with Crippen molar-refractivity contribution >= 4 is 33.2 Å². The van der Waals surface area contributed by atoms with Gasteiger partial charge in [-0.15, -0.1) is 11.3 Å². The number of likely N-dealkylation sites (N-methyl/N-ethyl adjacent to an activating group) is 1. The van der Waals surface area contributed by atoms with Gasteiger partial charge in [-0.2, -0.15) is 5.10 Å². The molecule has 0 fully saturated rings. The van der Waals surface area contributed by atoms with Crippen LogP contribution in [0.2, 0.25) is 0 Å². The van der Waals surface area contributed by atoms with Gasteiger partial charge in [0.15, 0.2) is 0 Å². The number of aryl methyl sites for hydroxylation is 1. The maximum Gasteiger partial charge on any atom is 0.264 e. The van der Waals surface area contributed by atoms with E-state index in [0.717, 1.165) is 17.0 Å². The Balaban J connectivity index is 1.73. The number of carbonyl (C=O) groups is 2. The summed E-state index contributed by atoms with van der Waals surface area (Å²) in [5.41, 5.74) is 4.02. The molecule has 1 aromatic carbocycles. The molecule has 6 nitrogen and oxygen atoms in total.